The number of rotatable bonds is 18. The lowest BCUT2D eigenvalue weighted by Gasteiger charge is -2.28. The molecule has 0 aliphatic carbocycles. The van der Waals surface area contributed by atoms with Gasteiger partial charge in [0.25, 0.3) is 0 Å². The zero-order valence-corrected chi connectivity index (χ0v) is 17.8. The minimum atomic E-state index is -3.40. The van der Waals surface area contributed by atoms with E-state index in [1.54, 1.807) is 0 Å². The first-order valence-corrected chi connectivity index (χ1v) is 11.6. The summed E-state index contributed by atoms with van der Waals surface area (Å²) in [6.07, 6.45) is 10.8. The molecule has 0 aliphatic rings. The second-order valence-electron chi connectivity index (χ2n) is 7.45. The monoisotopic (exact) mass is 404 g/mol. The molecule has 0 aromatic carbocycles. The summed E-state index contributed by atoms with van der Waals surface area (Å²) in [5, 5.41) is 17.1. The first-order valence-electron chi connectivity index (χ1n) is 10.4. The van der Waals surface area contributed by atoms with Crippen molar-refractivity contribution in [2.45, 2.75) is 109 Å². The Morgan fingerprint density at radius 1 is 0.778 bits per heavy atom. The molecule has 0 heterocycles. The lowest BCUT2D eigenvalue weighted by atomic mass is 9.82. The summed E-state index contributed by atoms with van der Waals surface area (Å²) in [6.45, 7) is 4.20. The lowest BCUT2D eigenvalue weighted by Crippen LogP contribution is -2.45. The third kappa shape index (κ3) is 9.05. The van der Waals surface area contributed by atoms with Crippen LogP contribution in [0.15, 0.2) is 0 Å². The Morgan fingerprint density at radius 3 is 1.63 bits per heavy atom. The molecule has 2 N–H and O–H groups in total. The van der Waals surface area contributed by atoms with E-state index < -0.39 is 30.7 Å². The second kappa shape index (κ2) is 14.8. The third-order valence-corrected chi connectivity index (χ3v) is 6.71. The van der Waals surface area contributed by atoms with Gasteiger partial charge in [0.2, 0.25) is 0 Å². The molecule has 158 valence electrons. The molecule has 0 fully saturated rings. The van der Waals surface area contributed by atoms with Gasteiger partial charge in [0.15, 0.2) is 5.16 Å². The molecule has 0 aromatic rings. The Hall–Kier alpha value is -1.16. The van der Waals surface area contributed by atoms with Crippen molar-refractivity contribution in [3.63, 3.8) is 0 Å². The van der Waals surface area contributed by atoms with Gasteiger partial charge >= 0.3 is 19.6 Å². The molecule has 0 aliphatic heterocycles. The van der Waals surface area contributed by atoms with Crippen molar-refractivity contribution in [1.29, 1.82) is 0 Å². The van der Waals surface area contributed by atoms with E-state index in [0.29, 0.717) is 12.8 Å². The van der Waals surface area contributed by atoms with E-state index in [1.807, 2.05) is 0 Å². The van der Waals surface area contributed by atoms with Gasteiger partial charge in [-0.15, -0.1) is 0 Å². The average Bonchev–Trinajstić information content (AvgIpc) is 2.60. The Balaban J connectivity index is 5.00. The predicted molar refractivity (Wildman–Crippen MR) is 106 cm³/mol. The fourth-order valence-corrected chi connectivity index (χ4v) is 4.59. The summed E-state index contributed by atoms with van der Waals surface area (Å²) in [4.78, 5) is 23.7. The number of hydrogen-bond acceptors (Lipinski definition) is 4. The quantitative estimate of drug-likeness (QED) is 0.208. The van der Waals surface area contributed by atoms with E-state index in [2.05, 4.69) is 13.8 Å². The number of carboxylic acids is 2. The van der Waals surface area contributed by atoms with Crippen molar-refractivity contribution in [2.24, 2.45) is 5.92 Å². The van der Waals surface area contributed by atoms with Crippen molar-refractivity contribution in [3.8, 4) is 0 Å². The summed E-state index contributed by atoms with van der Waals surface area (Å²) in [5.41, 5.74) is 0. The zero-order valence-electron chi connectivity index (χ0n) is 17.0. The van der Waals surface area contributed by atoms with Crippen LogP contribution in [0.3, 0.4) is 0 Å². The van der Waals surface area contributed by atoms with Gasteiger partial charge < -0.3 is 10.2 Å². The van der Waals surface area contributed by atoms with Crippen molar-refractivity contribution in [3.05, 3.63) is 0 Å². The fraction of sp³-hybridized carbons (Fsp3) is 0.900. The Kier molecular flexibility index (Phi) is 14.2. The maximum atomic E-state index is 11.9. The standard InChI is InChI=1S/C20H37O6P/c1-3-5-7-9-11-13-15-17(18(21)22)20(19(23)24,27(25)26)16-14-12-10-8-6-4-2/h17H,3-16H2,1-2H3,(H,21,22)(H,23,24). The highest BCUT2D eigenvalue weighted by Gasteiger charge is 2.54. The predicted octanol–water partition coefficient (Wildman–Crippen LogP) is 6.18. The maximum absolute atomic E-state index is 11.9. The van der Waals surface area contributed by atoms with Crippen molar-refractivity contribution in [2.75, 3.05) is 0 Å². The summed E-state index contributed by atoms with van der Waals surface area (Å²) in [7, 11) is -3.40. The second-order valence-corrected chi connectivity index (χ2v) is 8.76. The summed E-state index contributed by atoms with van der Waals surface area (Å²) in [6, 6.07) is 0. The maximum Gasteiger partial charge on any atom is 0.334 e. The topological polar surface area (TPSA) is 109 Å². The SMILES string of the molecule is CCCCCCCCC(C(=O)O)C(CCCCCCCC)(C(=O)O)P(=O)=O. The fourth-order valence-electron chi connectivity index (χ4n) is 3.60. The highest BCUT2D eigenvalue weighted by Crippen LogP contribution is 2.44. The molecule has 0 radical (unpaired) electrons. The van der Waals surface area contributed by atoms with Gasteiger partial charge in [0.05, 0.1) is 5.92 Å². The van der Waals surface area contributed by atoms with Gasteiger partial charge in [0, 0.05) is 0 Å². The molecule has 0 bridgehead atoms. The van der Waals surface area contributed by atoms with Crippen LogP contribution in [0.5, 0.6) is 0 Å². The minimum Gasteiger partial charge on any atom is -0.481 e. The van der Waals surface area contributed by atoms with E-state index in [1.165, 1.54) is 0 Å². The molecule has 0 spiro atoms. The number of hydrogen-bond donors (Lipinski definition) is 2. The smallest absolute Gasteiger partial charge is 0.334 e. The largest absolute Gasteiger partial charge is 0.481 e. The first-order chi connectivity index (χ1) is 12.8. The lowest BCUT2D eigenvalue weighted by molar-refractivity contribution is -0.152. The van der Waals surface area contributed by atoms with Crippen LogP contribution in [0, 0.1) is 5.92 Å². The summed E-state index contributed by atoms with van der Waals surface area (Å²) < 4.78 is 23.9. The molecule has 27 heavy (non-hydrogen) atoms. The van der Waals surface area contributed by atoms with Crippen LogP contribution in [-0.4, -0.2) is 27.3 Å². The molecule has 2 atom stereocenters. The number of unbranched alkanes of at least 4 members (excludes halogenated alkanes) is 10. The molecule has 7 heteroatoms. The molecule has 2 unspecified atom stereocenters. The Morgan fingerprint density at radius 2 is 1.22 bits per heavy atom. The van der Waals surface area contributed by atoms with Gasteiger partial charge in [0.1, 0.15) is 0 Å². The van der Waals surface area contributed by atoms with Crippen LogP contribution >= 0.6 is 7.68 Å². The van der Waals surface area contributed by atoms with Crippen molar-refractivity contribution < 1.29 is 28.9 Å². The normalized spacial score (nSPS) is 14.4. The Bertz CT molecular complexity index is 495. The number of carboxylic acid groups (broad SMARTS) is 2. The minimum absolute atomic E-state index is 0.0902. The van der Waals surface area contributed by atoms with Gasteiger partial charge in [-0.2, -0.15) is 0 Å². The van der Waals surface area contributed by atoms with E-state index in [9.17, 15) is 28.9 Å². The molecular weight excluding hydrogens is 367 g/mol. The highest BCUT2D eigenvalue weighted by molar-refractivity contribution is 7.34. The van der Waals surface area contributed by atoms with Gasteiger partial charge in [-0.05, 0) is 12.8 Å². The van der Waals surface area contributed by atoms with Crippen LogP contribution in [0.4, 0.5) is 0 Å². The van der Waals surface area contributed by atoms with Gasteiger partial charge in [-0.3, -0.25) is 9.59 Å². The van der Waals surface area contributed by atoms with Crippen LogP contribution in [-0.2, 0) is 18.7 Å². The van der Waals surface area contributed by atoms with Crippen LogP contribution in [0.25, 0.3) is 0 Å². The summed E-state index contributed by atoms with van der Waals surface area (Å²) in [5.74, 6) is -4.24. The Labute approximate surface area is 163 Å². The van der Waals surface area contributed by atoms with E-state index in [4.69, 9.17) is 0 Å². The van der Waals surface area contributed by atoms with E-state index in [-0.39, 0.29) is 12.8 Å². The van der Waals surface area contributed by atoms with E-state index in [0.717, 1.165) is 64.2 Å². The van der Waals surface area contributed by atoms with Crippen LogP contribution < -0.4 is 0 Å². The van der Waals surface area contributed by atoms with E-state index >= 15 is 0 Å². The zero-order chi connectivity index (χ0) is 20.7. The molecular formula is C20H37O6P. The average molecular weight is 404 g/mol. The van der Waals surface area contributed by atoms with Crippen molar-refractivity contribution in [1.82, 2.24) is 0 Å². The molecule has 0 aromatic heterocycles. The molecule has 0 saturated carbocycles. The summed E-state index contributed by atoms with van der Waals surface area (Å²) >= 11 is 0. The molecule has 0 saturated heterocycles. The number of aliphatic carboxylic acids is 2. The molecule has 6 nitrogen and oxygen atoms in total. The van der Waals surface area contributed by atoms with Crippen molar-refractivity contribution >= 4 is 19.6 Å². The highest BCUT2D eigenvalue weighted by atomic mass is 31.1. The number of carbonyl (C=O) groups is 2. The van der Waals surface area contributed by atoms with Gasteiger partial charge in [-0.25, -0.2) is 9.13 Å². The first kappa shape index (κ1) is 25.8. The van der Waals surface area contributed by atoms with Crippen LogP contribution in [0.1, 0.15) is 104 Å². The van der Waals surface area contributed by atoms with Crippen LogP contribution in [0.2, 0.25) is 0 Å². The molecule has 0 rings (SSSR count). The third-order valence-electron chi connectivity index (χ3n) is 5.33. The molecule has 0 amide bonds. The van der Waals surface area contributed by atoms with Gasteiger partial charge in [-0.1, -0.05) is 90.9 Å².